The molecule has 0 saturated carbocycles. The van der Waals surface area contributed by atoms with E-state index in [2.05, 4.69) is 62.5 Å². The summed E-state index contributed by atoms with van der Waals surface area (Å²) in [6.07, 6.45) is 62.1. The van der Waals surface area contributed by atoms with Crippen LogP contribution in [0.3, 0.4) is 0 Å². The minimum Gasteiger partial charge on any atom is -0.462 e. The van der Waals surface area contributed by atoms with Gasteiger partial charge in [-0.25, -0.2) is 0 Å². The van der Waals surface area contributed by atoms with E-state index < -0.39 is 18.2 Å². The van der Waals surface area contributed by atoms with Crippen LogP contribution in [0.2, 0.25) is 0 Å². The maximum atomic E-state index is 13.2. The summed E-state index contributed by atoms with van der Waals surface area (Å²) in [5.41, 5.74) is 0. The molecule has 0 fully saturated rings. The SMILES string of the molecule is CC/C=C/C=C/C=C/CCCCCCCC(CC(=O)NC(CO)C(O)CCCCCCCCCCCCCCCC)OC(=O)CCCCCCCCCCCCCCCCCCCC. The Balaban J connectivity index is 4.50. The van der Waals surface area contributed by atoms with Crippen LogP contribution in [0, 0.1) is 0 Å². The molecule has 0 aromatic rings. The van der Waals surface area contributed by atoms with Gasteiger partial charge in [-0.15, -0.1) is 0 Å². The van der Waals surface area contributed by atoms with Gasteiger partial charge in [0.05, 0.1) is 25.2 Å². The highest BCUT2D eigenvalue weighted by Gasteiger charge is 2.24. The molecule has 1 amide bonds. The molecule has 0 aromatic carbocycles. The molecule has 0 heterocycles. The Hall–Kier alpha value is -1.92. The van der Waals surface area contributed by atoms with Gasteiger partial charge in [0.1, 0.15) is 6.10 Å². The van der Waals surface area contributed by atoms with Crippen molar-refractivity contribution >= 4 is 11.9 Å². The van der Waals surface area contributed by atoms with Crippen molar-refractivity contribution in [2.75, 3.05) is 6.61 Å². The number of carbonyl (C=O) groups is 2. The summed E-state index contributed by atoms with van der Waals surface area (Å²) < 4.78 is 5.95. The quantitative estimate of drug-likeness (QED) is 0.0321. The van der Waals surface area contributed by atoms with E-state index in [0.29, 0.717) is 19.3 Å². The van der Waals surface area contributed by atoms with Crippen molar-refractivity contribution < 1.29 is 24.5 Å². The van der Waals surface area contributed by atoms with E-state index in [1.165, 1.54) is 167 Å². The lowest BCUT2D eigenvalue weighted by atomic mass is 10.0. The number of hydrogen-bond acceptors (Lipinski definition) is 5. The Labute approximate surface area is 398 Å². The number of esters is 1. The van der Waals surface area contributed by atoms with Crippen LogP contribution in [0.1, 0.15) is 297 Å². The van der Waals surface area contributed by atoms with Crippen molar-refractivity contribution in [2.24, 2.45) is 0 Å². The summed E-state index contributed by atoms with van der Waals surface area (Å²) in [7, 11) is 0. The summed E-state index contributed by atoms with van der Waals surface area (Å²) in [4.78, 5) is 26.2. The number of amides is 1. The van der Waals surface area contributed by atoms with Gasteiger partial charge >= 0.3 is 5.97 Å². The predicted octanol–water partition coefficient (Wildman–Crippen LogP) is 17.2. The van der Waals surface area contributed by atoms with Gasteiger partial charge < -0.3 is 20.3 Å². The molecule has 6 heteroatoms. The lowest BCUT2D eigenvalue weighted by Crippen LogP contribution is -2.46. The number of hydrogen-bond donors (Lipinski definition) is 3. The van der Waals surface area contributed by atoms with Crippen molar-refractivity contribution in [3.8, 4) is 0 Å². The third-order valence-corrected chi connectivity index (χ3v) is 13.0. The van der Waals surface area contributed by atoms with Crippen LogP contribution >= 0.6 is 0 Å². The molecule has 3 atom stereocenters. The number of unbranched alkanes of at least 4 members (excludes halogenated alkanes) is 35. The fourth-order valence-electron chi connectivity index (χ4n) is 8.79. The summed E-state index contributed by atoms with van der Waals surface area (Å²) in [6, 6.07) is -0.706. The van der Waals surface area contributed by atoms with E-state index in [1.807, 2.05) is 0 Å². The van der Waals surface area contributed by atoms with E-state index in [4.69, 9.17) is 4.74 Å². The van der Waals surface area contributed by atoms with E-state index in [0.717, 1.165) is 83.5 Å². The van der Waals surface area contributed by atoms with E-state index in [9.17, 15) is 19.8 Å². The number of allylic oxidation sites excluding steroid dienone is 6. The lowest BCUT2D eigenvalue weighted by molar-refractivity contribution is -0.151. The zero-order chi connectivity index (χ0) is 46.7. The maximum absolute atomic E-state index is 13.2. The van der Waals surface area contributed by atoms with Crippen LogP contribution in [-0.4, -0.2) is 46.9 Å². The molecular weight excluding hydrogens is 791 g/mol. The van der Waals surface area contributed by atoms with Gasteiger partial charge in [-0.2, -0.15) is 0 Å². The van der Waals surface area contributed by atoms with Crippen molar-refractivity contribution in [3.05, 3.63) is 36.5 Å². The topological polar surface area (TPSA) is 95.9 Å². The van der Waals surface area contributed by atoms with Crippen LogP contribution in [0.4, 0.5) is 0 Å². The first-order valence-corrected chi connectivity index (χ1v) is 28.2. The van der Waals surface area contributed by atoms with E-state index >= 15 is 0 Å². The molecule has 0 aromatic heterocycles. The monoisotopic (exact) mass is 900 g/mol. The zero-order valence-electron chi connectivity index (χ0n) is 42.9. The molecule has 0 saturated heterocycles. The van der Waals surface area contributed by atoms with Gasteiger partial charge in [-0.3, -0.25) is 9.59 Å². The van der Waals surface area contributed by atoms with Crippen LogP contribution < -0.4 is 5.32 Å². The first-order chi connectivity index (χ1) is 31.5. The summed E-state index contributed by atoms with van der Waals surface area (Å²) in [5.74, 6) is -0.479. The van der Waals surface area contributed by atoms with Crippen LogP contribution in [0.15, 0.2) is 36.5 Å². The number of aliphatic hydroxyl groups is 2. The molecule has 64 heavy (non-hydrogen) atoms. The number of aliphatic hydroxyl groups excluding tert-OH is 2. The number of ether oxygens (including phenoxy) is 1. The molecule has 0 bridgehead atoms. The van der Waals surface area contributed by atoms with Crippen LogP contribution in [0.5, 0.6) is 0 Å². The van der Waals surface area contributed by atoms with Crippen molar-refractivity contribution in [1.29, 1.82) is 0 Å². The van der Waals surface area contributed by atoms with Crippen LogP contribution in [-0.2, 0) is 14.3 Å². The van der Waals surface area contributed by atoms with Gasteiger partial charge in [0.15, 0.2) is 0 Å². The van der Waals surface area contributed by atoms with Crippen molar-refractivity contribution in [2.45, 2.75) is 315 Å². The molecule has 0 aliphatic heterocycles. The minimum absolute atomic E-state index is 0.0682. The molecular formula is C58H109NO5. The molecule has 3 unspecified atom stereocenters. The van der Waals surface area contributed by atoms with E-state index in [-0.39, 0.29) is 24.9 Å². The standard InChI is InChI=1S/C58H109NO5/c1-4-7-10-13-16-19-22-25-27-28-29-30-33-36-39-42-45-48-51-58(63)64-54(49-46-43-40-37-34-31-24-21-18-15-12-9-6-3)52-57(62)59-55(53-60)56(61)50-47-44-41-38-35-32-26-23-20-17-14-11-8-5-2/h9,12,15,18,21,24,54-56,60-61H,4-8,10-11,13-14,16-17,19-20,22-23,25-53H2,1-3H3,(H,59,62)/b12-9+,18-15+,24-21+. The first-order valence-electron chi connectivity index (χ1n) is 28.2. The normalized spacial score (nSPS) is 13.4. The highest BCUT2D eigenvalue weighted by Crippen LogP contribution is 2.19. The summed E-state index contributed by atoms with van der Waals surface area (Å²) in [6.45, 7) is 6.38. The third-order valence-electron chi connectivity index (χ3n) is 13.0. The highest BCUT2D eigenvalue weighted by molar-refractivity contribution is 5.77. The van der Waals surface area contributed by atoms with E-state index in [1.54, 1.807) is 0 Å². The molecule has 0 aliphatic rings. The van der Waals surface area contributed by atoms with Gasteiger partial charge in [-0.05, 0) is 44.9 Å². The van der Waals surface area contributed by atoms with Crippen molar-refractivity contribution in [1.82, 2.24) is 5.32 Å². The van der Waals surface area contributed by atoms with Gasteiger partial charge in [0.2, 0.25) is 5.91 Å². The third kappa shape index (κ3) is 46.6. The Morgan fingerprint density at radius 2 is 0.844 bits per heavy atom. The second-order valence-corrected chi connectivity index (χ2v) is 19.4. The Kier molecular flexibility index (Phi) is 50.5. The van der Waals surface area contributed by atoms with Gasteiger partial charge in [0, 0.05) is 6.42 Å². The number of carbonyl (C=O) groups excluding carboxylic acids is 2. The molecule has 0 spiro atoms. The average molecular weight is 901 g/mol. The van der Waals surface area contributed by atoms with Crippen LogP contribution in [0.25, 0.3) is 0 Å². The molecule has 0 rings (SSSR count). The van der Waals surface area contributed by atoms with Crippen molar-refractivity contribution in [3.63, 3.8) is 0 Å². The maximum Gasteiger partial charge on any atom is 0.306 e. The molecule has 0 aliphatic carbocycles. The van der Waals surface area contributed by atoms with Gasteiger partial charge in [-0.1, -0.05) is 276 Å². The second kappa shape index (κ2) is 52.1. The Morgan fingerprint density at radius 3 is 1.27 bits per heavy atom. The smallest absolute Gasteiger partial charge is 0.306 e. The molecule has 0 radical (unpaired) electrons. The minimum atomic E-state index is -0.791. The predicted molar refractivity (Wildman–Crippen MR) is 278 cm³/mol. The summed E-state index contributed by atoms with van der Waals surface area (Å²) in [5, 5.41) is 23.8. The molecule has 376 valence electrons. The largest absolute Gasteiger partial charge is 0.462 e. The summed E-state index contributed by atoms with van der Waals surface area (Å²) >= 11 is 0. The molecule has 6 nitrogen and oxygen atoms in total. The molecule has 3 N–H and O–H groups in total. The zero-order valence-corrected chi connectivity index (χ0v) is 42.9. The second-order valence-electron chi connectivity index (χ2n) is 19.4. The first kappa shape index (κ1) is 62.1. The number of nitrogens with one attached hydrogen (secondary N) is 1. The lowest BCUT2D eigenvalue weighted by Gasteiger charge is -2.24. The average Bonchev–Trinajstić information content (AvgIpc) is 3.29. The van der Waals surface area contributed by atoms with Gasteiger partial charge in [0.25, 0.3) is 0 Å². The Bertz CT molecular complexity index is 1060. The number of rotatable bonds is 51. The highest BCUT2D eigenvalue weighted by atomic mass is 16.5. The Morgan fingerprint density at radius 1 is 0.469 bits per heavy atom. The fourth-order valence-corrected chi connectivity index (χ4v) is 8.79. The fraction of sp³-hybridized carbons (Fsp3) is 0.862.